The van der Waals surface area contributed by atoms with Gasteiger partial charge in [-0.1, -0.05) is 0 Å². The molecule has 0 N–H and O–H groups in total. The summed E-state index contributed by atoms with van der Waals surface area (Å²) in [5, 5.41) is 0. The van der Waals surface area contributed by atoms with Crippen molar-refractivity contribution in [3.63, 3.8) is 0 Å². The molecule has 0 atom stereocenters. The Balaban J connectivity index is 3.40. The third kappa shape index (κ3) is 9.13. The minimum Gasteiger partial charge on any atom is -0.309 e. The van der Waals surface area contributed by atoms with E-state index in [-0.39, 0.29) is 0 Å². The van der Waals surface area contributed by atoms with Gasteiger partial charge in [0, 0.05) is 6.04 Å². The van der Waals surface area contributed by atoms with Crippen LogP contribution in [0.1, 0.15) is 26.7 Å². The van der Waals surface area contributed by atoms with E-state index in [1.807, 2.05) is 0 Å². The van der Waals surface area contributed by atoms with Crippen LogP contribution in [0.2, 0.25) is 0 Å². The Morgan fingerprint density at radius 3 is 1.69 bits per heavy atom. The first kappa shape index (κ1) is 15.9. The molecular formula is C13H31N3. The molecule has 0 aliphatic heterocycles. The van der Waals surface area contributed by atoms with E-state index in [2.05, 4.69) is 56.7 Å². The van der Waals surface area contributed by atoms with Crippen LogP contribution in [-0.2, 0) is 0 Å². The molecule has 0 fully saturated rings. The fourth-order valence-electron chi connectivity index (χ4n) is 1.62. The molecule has 0 saturated carbocycles. The highest BCUT2D eigenvalue weighted by molar-refractivity contribution is 4.59. The van der Waals surface area contributed by atoms with Gasteiger partial charge in [-0.2, -0.15) is 0 Å². The SMILES string of the molecule is CC(C)N(C)CCCN(C)CCCN(C)C. The van der Waals surface area contributed by atoms with Crippen molar-refractivity contribution in [2.45, 2.75) is 32.7 Å². The average Bonchev–Trinajstić information content (AvgIpc) is 2.16. The molecule has 0 rings (SSSR count). The van der Waals surface area contributed by atoms with Crippen LogP contribution in [0.5, 0.6) is 0 Å². The van der Waals surface area contributed by atoms with E-state index in [4.69, 9.17) is 0 Å². The summed E-state index contributed by atoms with van der Waals surface area (Å²) >= 11 is 0. The summed E-state index contributed by atoms with van der Waals surface area (Å²) in [5.74, 6) is 0. The smallest absolute Gasteiger partial charge is 0.00355 e. The van der Waals surface area contributed by atoms with Gasteiger partial charge in [-0.15, -0.1) is 0 Å². The fraction of sp³-hybridized carbons (Fsp3) is 1.00. The highest BCUT2D eigenvalue weighted by Gasteiger charge is 2.03. The summed E-state index contributed by atoms with van der Waals surface area (Å²) < 4.78 is 0. The van der Waals surface area contributed by atoms with E-state index < -0.39 is 0 Å². The van der Waals surface area contributed by atoms with E-state index in [9.17, 15) is 0 Å². The van der Waals surface area contributed by atoms with Crippen LogP contribution in [-0.4, -0.2) is 75.1 Å². The van der Waals surface area contributed by atoms with E-state index in [0.29, 0.717) is 6.04 Å². The number of hydrogen-bond acceptors (Lipinski definition) is 3. The Bertz CT molecular complexity index is 157. The van der Waals surface area contributed by atoms with Gasteiger partial charge in [-0.3, -0.25) is 0 Å². The average molecular weight is 229 g/mol. The van der Waals surface area contributed by atoms with Gasteiger partial charge in [0.2, 0.25) is 0 Å². The zero-order chi connectivity index (χ0) is 12.6. The molecule has 0 aliphatic rings. The summed E-state index contributed by atoms with van der Waals surface area (Å²) in [6.45, 7) is 9.32. The summed E-state index contributed by atoms with van der Waals surface area (Å²) in [5.41, 5.74) is 0. The molecule has 0 heterocycles. The maximum Gasteiger partial charge on any atom is 0.00355 e. The van der Waals surface area contributed by atoms with E-state index in [0.717, 1.165) is 0 Å². The predicted octanol–water partition coefficient (Wildman–Crippen LogP) is 1.60. The van der Waals surface area contributed by atoms with Crippen molar-refractivity contribution in [3.8, 4) is 0 Å². The van der Waals surface area contributed by atoms with Crippen LogP contribution in [0, 0.1) is 0 Å². The minimum atomic E-state index is 0.666. The lowest BCUT2D eigenvalue weighted by Gasteiger charge is -2.23. The quantitative estimate of drug-likeness (QED) is 0.595. The summed E-state index contributed by atoms with van der Waals surface area (Å²) in [7, 11) is 8.71. The lowest BCUT2D eigenvalue weighted by Crippen LogP contribution is -2.31. The molecule has 0 aromatic carbocycles. The second-order valence-corrected chi connectivity index (χ2v) is 5.39. The van der Waals surface area contributed by atoms with Crippen LogP contribution in [0.4, 0.5) is 0 Å². The van der Waals surface area contributed by atoms with Crippen molar-refractivity contribution < 1.29 is 0 Å². The molecule has 0 saturated heterocycles. The molecule has 0 aromatic heterocycles. The van der Waals surface area contributed by atoms with Gasteiger partial charge in [0.25, 0.3) is 0 Å². The second kappa shape index (κ2) is 8.97. The second-order valence-electron chi connectivity index (χ2n) is 5.39. The first-order valence-electron chi connectivity index (χ1n) is 6.47. The van der Waals surface area contributed by atoms with Crippen molar-refractivity contribution in [2.24, 2.45) is 0 Å². The Morgan fingerprint density at radius 1 is 0.750 bits per heavy atom. The molecule has 0 unspecified atom stereocenters. The lowest BCUT2D eigenvalue weighted by molar-refractivity contribution is 0.240. The predicted molar refractivity (Wildman–Crippen MR) is 73.1 cm³/mol. The summed E-state index contributed by atoms with van der Waals surface area (Å²) in [6.07, 6.45) is 2.54. The van der Waals surface area contributed by atoms with Crippen molar-refractivity contribution in [2.75, 3.05) is 54.4 Å². The topological polar surface area (TPSA) is 9.72 Å². The molecule has 0 spiro atoms. The van der Waals surface area contributed by atoms with Crippen molar-refractivity contribution in [3.05, 3.63) is 0 Å². The van der Waals surface area contributed by atoms with Gasteiger partial charge in [-0.25, -0.2) is 0 Å². The van der Waals surface area contributed by atoms with Gasteiger partial charge >= 0.3 is 0 Å². The normalized spacial score (nSPS) is 12.4. The van der Waals surface area contributed by atoms with E-state index >= 15 is 0 Å². The Labute approximate surface area is 102 Å². The highest BCUT2D eigenvalue weighted by Crippen LogP contribution is 1.97. The molecule has 98 valence electrons. The largest absolute Gasteiger partial charge is 0.309 e. The minimum absolute atomic E-state index is 0.666. The molecule has 0 aromatic rings. The summed E-state index contributed by atoms with van der Waals surface area (Å²) in [6, 6.07) is 0.666. The molecule has 0 bridgehead atoms. The van der Waals surface area contributed by atoms with Crippen molar-refractivity contribution in [1.82, 2.24) is 14.7 Å². The molecule has 0 amide bonds. The lowest BCUT2D eigenvalue weighted by atomic mass is 10.3. The van der Waals surface area contributed by atoms with Crippen LogP contribution < -0.4 is 0 Å². The van der Waals surface area contributed by atoms with Crippen LogP contribution in [0.25, 0.3) is 0 Å². The zero-order valence-electron chi connectivity index (χ0n) is 12.2. The van der Waals surface area contributed by atoms with Crippen LogP contribution >= 0.6 is 0 Å². The third-order valence-electron chi connectivity index (χ3n) is 3.08. The zero-order valence-corrected chi connectivity index (χ0v) is 12.2. The Morgan fingerprint density at radius 2 is 1.25 bits per heavy atom. The van der Waals surface area contributed by atoms with Gasteiger partial charge in [0.15, 0.2) is 0 Å². The monoisotopic (exact) mass is 229 g/mol. The molecule has 3 heteroatoms. The number of rotatable bonds is 9. The fourth-order valence-corrected chi connectivity index (χ4v) is 1.62. The molecular weight excluding hydrogens is 198 g/mol. The Hall–Kier alpha value is -0.120. The molecule has 0 aliphatic carbocycles. The standard InChI is InChI=1S/C13H31N3/c1-13(2)16(6)12-8-11-15(5)10-7-9-14(3)4/h13H,7-12H2,1-6H3. The molecule has 3 nitrogen and oxygen atoms in total. The van der Waals surface area contributed by atoms with Gasteiger partial charge in [-0.05, 0) is 81.1 Å². The number of hydrogen-bond donors (Lipinski definition) is 0. The highest BCUT2D eigenvalue weighted by atomic mass is 15.1. The van der Waals surface area contributed by atoms with Crippen molar-refractivity contribution in [1.29, 1.82) is 0 Å². The third-order valence-corrected chi connectivity index (χ3v) is 3.08. The van der Waals surface area contributed by atoms with Crippen LogP contribution in [0.15, 0.2) is 0 Å². The van der Waals surface area contributed by atoms with Crippen LogP contribution in [0.3, 0.4) is 0 Å². The first-order valence-corrected chi connectivity index (χ1v) is 6.47. The van der Waals surface area contributed by atoms with Gasteiger partial charge in [0.05, 0.1) is 0 Å². The van der Waals surface area contributed by atoms with Crippen molar-refractivity contribution >= 4 is 0 Å². The van der Waals surface area contributed by atoms with E-state index in [1.165, 1.54) is 39.0 Å². The maximum absolute atomic E-state index is 2.44. The van der Waals surface area contributed by atoms with Gasteiger partial charge < -0.3 is 14.7 Å². The molecule has 16 heavy (non-hydrogen) atoms. The molecule has 0 radical (unpaired) electrons. The maximum atomic E-state index is 2.44. The first-order chi connectivity index (χ1) is 7.43. The number of nitrogens with zero attached hydrogens (tertiary/aromatic N) is 3. The summed E-state index contributed by atoms with van der Waals surface area (Å²) in [4.78, 5) is 7.10. The Kier molecular flexibility index (Phi) is 8.90. The van der Waals surface area contributed by atoms with Gasteiger partial charge in [0.1, 0.15) is 0 Å². The van der Waals surface area contributed by atoms with E-state index in [1.54, 1.807) is 0 Å².